The van der Waals surface area contributed by atoms with E-state index < -0.39 is 0 Å². The van der Waals surface area contributed by atoms with Crippen LogP contribution < -0.4 is 4.74 Å². The van der Waals surface area contributed by atoms with E-state index in [0.29, 0.717) is 15.8 Å². The summed E-state index contributed by atoms with van der Waals surface area (Å²) in [6, 6.07) is 3.66. The molecule has 3 nitrogen and oxygen atoms in total. The van der Waals surface area contributed by atoms with Crippen LogP contribution in [0.25, 0.3) is 10.6 Å². The van der Waals surface area contributed by atoms with Gasteiger partial charge in [0.1, 0.15) is 10.8 Å². The Hall–Kier alpha value is -1.26. The third-order valence-corrected chi connectivity index (χ3v) is 3.47. The highest BCUT2D eigenvalue weighted by Crippen LogP contribution is 2.37. The Morgan fingerprint density at radius 1 is 1.44 bits per heavy atom. The highest BCUT2D eigenvalue weighted by atomic mass is 35.5. The van der Waals surface area contributed by atoms with Gasteiger partial charge in [0.15, 0.2) is 0 Å². The van der Waals surface area contributed by atoms with Crippen LogP contribution in [0.4, 0.5) is 0 Å². The smallest absolute Gasteiger partial charge is 0.222 e. The van der Waals surface area contributed by atoms with E-state index in [-0.39, 0.29) is 5.88 Å². The number of nitrogens with zero attached hydrogens (tertiary/aromatic N) is 1. The van der Waals surface area contributed by atoms with Crippen molar-refractivity contribution in [3.63, 3.8) is 0 Å². The molecule has 0 atom stereocenters. The van der Waals surface area contributed by atoms with Crippen LogP contribution in [0, 0.1) is 6.92 Å². The predicted octanol–water partition coefficient (Wildman–Crippen LogP) is 3.49. The Morgan fingerprint density at radius 2 is 2.19 bits per heavy atom. The first-order valence-corrected chi connectivity index (χ1v) is 5.86. The number of aromatic hydroxyl groups is 1. The van der Waals surface area contributed by atoms with Crippen molar-refractivity contribution in [1.82, 2.24) is 4.98 Å². The SMILES string of the molecule is COc1cc(C)c(Cl)cc1-c1nc(O)cs1. The number of aromatic nitrogens is 1. The molecule has 0 unspecified atom stereocenters. The molecule has 2 rings (SSSR count). The summed E-state index contributed by atoms with van der Waals surface area (Å²) in [6.45, 7) is 1.91. The second-order valence-electron chi connectivity index (χ2n) is 3.31. The fourth-order valence-electron chi connectivity index (χ4n) is 1.38. The van der Waals surface area contributed by atoms with Gasteiger partial charge in [-0.05, 0) is 24.6 Å². The Morgan fingerprint density at radius 3 is 2.75 bits per heavy atom. The van der Waals surface area contributed by atoms with Gasteiger partial charge in [0.05, 0.1) is 18.1 Å². The molecule has 16 heavy (non-hydrogen) atoms. The summed E-state index contributed by atoms with van der Waals surface area (Å²) in [5, 5.41) is 12.1. The minimum absolute atomic E-state index is 0.0127. The number of ether oxygens (including phenoxy) is 1. The number of thiazole rings is 1. The van der Waals surface area contributed by atoms with E-state index in [1.54, 1.807) is 18.6 Å². The highest BCUT2D eigenvalue weighted by molar-refractivity contribution is 7.13. The van der Waals surface area contributed by atoms with Crippen LogP contribution in [0.15, 0.2) is 17.5 Å². The molecule has 1 aromatic carbocycles. The van der Waals surface area contributed by atoms with E-state index in [9.17, 15) is 5.11 Å². The molecule has 0 saturated carbocycles. The summed E-state index contributed by atoms with van der Waals surface area (Å²) in [5.74, 6) is 0.718. The molecule has 1 N–H and O–H groups in total. The van der Waals surface area contributed by atoms with Gasteiger partial charge in [0, 0.05) is 5.02 Å². The van der Waals surface area contributed by atoms with Crippen LogP contribution in [-0.4, -0.2) is 17.2 Å². The summed E-state index contributed by atoms with van der Waals surface area (Å²) < 4.78 is 5.27. The lowest BCUT2D eigenvalue weighted by Crippen LogP contribution is -1.89. The first-order valence-electron chi connectivity index (χ1n) is 4.61. The molecule has 2 aromatic rings. The van der Waals surface area contributed by atoms with Crippen molar-refractivity contribution in [1.29, 1.82) is 0 Å². The molecule has 5 heteroatoms. The normalized spacial score (nSPS) is 10.4. The largest absolute Gasteiger partial charge is 0.496 e. The van der Waals surface area contributed by atoms with E-state index in [0.717, 1.165) is 11.1 Å². The van der Waals surface area contributed by atoms with Crippen molar-refractivity contribution in [2.24, 2.45) is 0 Å². The van der Waals surface area contributed by atoms with E-state index in [1.165, 1.54) is 11.3 Å². The summed E-state index contributed by atoms with van der Waals surface area (Å²) in [6.07, 6.45) is 0. The van der Waals surface area contributed by atoms with E-state index >= 15 is 0 Å². The molecule has 0 fully saturated rings. The Balaban J connectivity index is 2.59. The van der Waals surface area contributed by atoms with Crippen LogP contribution in [0.5, 0.6) is 11.6 Å². The fraction of sp³-hybridized carbons (Fsp3) is 0.182. The summed E-state index contributed by atoms with van der Waals surface area (Å²) in [7, 11) is 1.60. The van der Waals surface area contributed by atoms with Crippen LogP contribution >= 0.6 is 22.9 Å². The molecule has 0 aliphatic rings. The molecule has 1 heterocycles. The molecule has 0 saturated heterocycles. The van der Waals surface area contributed by atoms with Gasteiger partial charge in [-0.25, -0.2) is 4.98 Å². The second-order valence-corrected chi connectivity index (χ2v) is 4.58. The predicted molar refractivity (Wildman–Crippen MR) is 65.5 cm³/mol. The highest BCUT2D eigenvalue weighted by Gasteiger charge is 2.12. The van der Waals surface area contributed by atoms with Gasteiger partial charge < -0.3 is 9.84 Å². The van der Waals surface area contributed by atoms with Gasteiger partial charge >= 0.3 is 0 Å². The first-order chi connectivity index (χ1) is 7.61. The second kappa shape index (κ2) is 4.31. The third kappa shape index (κ3) is 1.99. The number of methoxy groups -OCH3 is 1. The van der Waals surface area contributed by atoms with Crippen LogP contribution in [0.2, 0.25) is 5.02 Å². The summed E-state index contributed by atoms with van der Waals surface area (Å²) >= 11 is 7.41. The van der Waals surface area contributed by atoms with Crippen molar-refractivity contribution < 1.29 is 9.84 Å². The lowest BCUT2D eigenvalue weighted by molar-refractivity contribution is 0.416. The lowest BCUT2D eigenvalue weighted by atomic mass is 10.1. The van der Waals surface area contributed by atoms with Gasteiger partial charge in [-0.15, -0.1) is 11.3 Å². The summed E-state index contributed by atoms with van der Waals surface area (Å²) in [4.78, 5) is 4.00. The molecule has 0 amide bonds. The minimum atomic E-state index is 0.0127. The minimum Gasteiger partial charge on any atom is -0.496 e. The lowest BCUT2D eigenvalue weighted by Gasteiger charge is -2.08. The average molecular weight is 256 g/mol. The van der Waals surface area contributed by atoms with Crippen molar-refractivity contribution in [3.05, 3.63) is 28.1 Å². The number of halogens is 1. The number of hydrogen-bond donors (Lipinski definition) is 1. The zero-order valence-electron chi connectivity index (χ0n) is 8.82. The zero-order chi connectivity index (χ0) is 11.7. The topological polar surface area (TPSA) is 42.4 Å². The molecule has 0 bridgehead atoms. The molecule has 0 radical (unpaired) electrons. The van der Waals surface area contributed by atoms with Crippen LogP contribution in [0.3, 0.4) is 0 Å². The van der Waals surface area contributed by atoms with Crippen molar-refractivity contribution in [2.75, 3.05) is 7.11 Å². The Kier molecular flexibility index (Phi) is 3.03. The number of benzene rings is 1. The maximum atomic E-state index is 9.23. The van der Waals surface area contributed by atoms with E-state index in [4.69, 9.17) is 16.3 Å². The zero-order valence-corrected chi connectivity index (χ0v) is 10.4. The molecular weight excluding hydrogens is 246 g/mol. The van der Waals surface area contributed by atoms with Crippen LogP contribution in [-0.2, 0) is 0 Å². The number of hydrogen-bond acceptors (Lipinski definition) is 4. The van der Waals surface area contributed by atoms with Crippen molar-refractivity contribution in [3.8, 4) is 22.2 Å². The van der Waals surface area contributed by atoms with Gasteiger partial charge in [-0.3, -0.25) is 0 Å². The maximum absolute atomic E-state index is 9.23. The van der Waals surface area contributed by atoms with E-state index in [2.05, 4.69) is 4.98 Å². The molecule has 0 aliphatic carbocycles. The third-order valence-electron chi connectivity index (χ3n) is 2.20. The molecule has 84 valence electrons. The molecule has 0 spiro atoms. The van der Waals surface area contributed by atoms with Gasteiger partial charge in [0.25, 0.3) is 0 Å². The van der Waals surface area contributed by atoms with E-state index in [1.807, 2.05) is 13.0 Å². The average Bonchev–Trinajstić information content (AvgIpc) is 2.68. The molecule has 1 aromatic heterocycles. The van der Waals surface area contributed by atoms with Crippen molar-refractivity contribution >= 4 is 22.9 Å². The van der Waals surface area contributed by atoms with Gasteiger partial charge in [0.2, 0.25) is 5.88 Å². The fourth-order valence-corrected chi connectivity index (χ4v) is 2.25. The first kappa shape index (κ1) is 11.2. The Labute approximate surface area is 102 Å². The molecular formula is C11H10ClNO2S. The quantitative estimate of drug-likeness (QED) is 0.893. The summed E-state index contributed by atoms with van der Waals surface area (Å²) in [5.41, 5.74) is 1.74. The number of rotatable bonds is 2. The van der Waals surface area contributed by atoms with Gasteiger partial charge in [-0.1, -0.05) is 11.6 Å². The van der Waals surface area contributed by atoms with Crippen LogP contribution in [0.1, 0.15) is 5.56 Å². The molecule has 0 aliphatic heterocycles. The van der Waals surface area contributed by atoms with Crippen molar-refractivity contribution in [2.45, 2.75) is 6.92 Å². The standard InChI is InChI=1S/C11H10ClNO2S/c1-6-3-9(15-2)7(4-8(6)12)11-13-10(14)5-16-11/h3-5,14H,1-2H3. The maximum Gasteiger partial charge on any atom is 0.222 e. The Bertz CT molecular complexity index is 525. The number of aryl methyl sites for hydroxylation is 1. The monoisotopic (exact) mass is 255 g/mol. The van der Waals surface area contributed by atoms with Gasteiger partial charge in [-0.2, -0.15) is 0 Å².